The molecule has 0 aliphatic carbocycles. The summed E-state index contributed by atoms with van der Waals surface area (Å²) in [6.07, 6.45) is 0.720. The molecular formula is C17H20N4O4. The molecule has 132 valence electrons. The number of ether oxygens (including phenoxy) is 1. The van der Waals surface area contributed by atoms with Gasteiger partial charge in [-0.15, -0.1) is 0 Å². The molecule has 2 N–H and O–H groups in total. The van der Waals surface area contributed by atoms with Crippen LogP contribution in [0.2, 0.25) is 0 Å². The number of fused-ring (bicyclic) bond motifs is 1. The van der Waals surface area contributed by atoms with Gasteiger partial charge in [0.1, 0.15) is 11.8 Å². The highest BCUT2D eigenvalue weighted by molar-refractivity contribution is 5.99. The molecule has 1 aromatic carbocycles. The van der Waals surface area contributed by atoms with E-state index in [-0.39, 0.29) is 18.4 Å². The Morgan fingerprint density at radius 2 is 2.16 bits per heavy atom. The summed E-state index contributed by atoms with van der Waals surface area (Å²) in [5.74, 6) is 1.38. The lowest BCUT2D eigenvalue weighted by Crippen LogP contribution is -2.28. The third kappa shape index (κ3) is 3.96. The van der Waals surface area contributed by atoms with Gasteiger partial charge in [-0.2, -0.15) is 4.98 Å². The summed E-state index contributed by atoms with van der Waals surface area (Å²) >= 11 is 0. The van der Waals surface area contributed by atoms with E-state index in [0.717, 1.165) is 6.42 Å². The molecule has 3 rings (SSSR count). The normalized spacial score (nSPS) is 14.5. The summed E-state index contributed by atoms with van der Waals surface area (Å²) < 4.78 is 10.5. The molecule has 0 bridgehead atoms. The summed E-state index contributed by atoms with van der Waals surface area (Å²) in [6.45, 7) is 5.86. The number of hydrogen-bond acceptors (Lipinski definition) is 6. The summed E-state index contributed by atoms with van der Waals surface area (Å²) in [7, 11) is 0. The molecule has 1 aromatic heterocycles. The van der Waals surface area contributed by atoms with E-state index < -0.39 is 6.04 Å². The fourth-order valence-electron chi connectivity index (χ4n) is 2.45. The van der Waals surface area contributed by atoms with Crippen LogP contribution in [0.5, 0.6) is 5.75 Å². The van der Waals surface area contributed by atoms with Crippen LogP contribution in [0, 0.1) is 5.92 Å². The van der Waals surface area contributed by atoms with Crippen LogP contribution in [0.3, 0.4) is 0 Å². The Morgan fingerprint density at radius 3 is 2.92 bits per heavy atom. The number of nitrogens with zero attached hydrogens (tertiary/aromatic N) is 2. The molecule has 2 heterocycles. The maximum atomic E-state index is 12.4. The monoisotopic (exact) mass is 344 g/mol. The Morgan fingerprint density at radius 1 is 1.36 bits per heavy atom. The molecule has 1 aliphatic heterocycles. The predicted molar refractivity (Wildman–Crippen MR) is 89.3 cm³/mol. The summed E-state index contributed by atoms with van der Waals surface area (Å²) in [5, 5.41) is 9.42. The summed E-state index contributed by atoms with van der Waals surface area (Å²) in [5.41, 5.74) is 0.972. The van der Waals surface area contributed by atoms with Crippen molar-refractivity contribution in [1.29, 1.82) is 0 Å². The number of amides is 2. The van der Waals surface area contributed by atoms with Crippen LogP contribution < -0.4 is 15.4 Å². The van der Waals surface area contributed by atoms with Gasteiger partial charge in [0.15, 0.2) is 12.4 Å². The zero-order chi connectivity index (χ0) is 18.0. The molecule has 8 nitrogen and oxygen atoms in total. The summed E-state index contributed by atoms with van der Waals surface area (Å²) in [6, 6.07) is 4.43. The highest BCUT2D eigenvalue weighted by atomic mass is 16.5. The molecule has 0 saturated heterocycles. The van der Waals surface area contributed by atoms with E-state index in [1.54, 1.807) is 25.1 Å². The average molecular weight is 344 g/mol. The second-order valence-electron chi connectivity index (χ2n) is 6.39. The van der Waals surface area contributed by atoms with E-state index in [2.05, 4.69) is 34.6 Å². The van der Waals surface area contributed by atoms with Gasteiger partial charge in [-0.05, 0) is 31.0 Å². The topological polar surface area (TPSA) is 106 Å². The zero-order valence-corrected chi connectivity index (χ0v) is 14.3. The van der Waals surface area contributed by atoms with Crippen molar-refractivity contribution in [3.63, 3.8) is 0 Å². The van der Waals surface area contributed by atoms with Gasteiger partial charge in [0.25, 0.3) is 11.8 Å². The van der Waals surface area contributed by atoms with Crippen LogP contribution in [0.25, 0.3) is 0 Å². The van der Waals surface area contributed by atoms with Crippen LogP contribution >= 0.6 is 0 Å². The van der Waals surface area contributed by atoms with Gasteiger partial charge in [-0.3, -0.25) is 9.59 Å². The SMILES string of the molecule is CC(C)Cc1noc([C@H](C)NC(=O)c2ccc3c(c2)OCC(=O)N3)n1. The zero-order valence-electron chi connectivity index (χ0n) is 14.3. The van der Waals surface area contributed by atoms with E-state index in [0.29, 0.717) is 34.6 Å². The first-order valence-electron chi connectivity index (χ1n) is 8.12. The first kappa shape index (κ1) is 16.9. The Balaban J connectivity index is 1.67. The van der Waals surface area contributed by atoms with Crippen LogP contribution in [-0.4, -0.2) is 28.6 Å². The second-order valence-corrected chi connectivity index (χ2v) is 6.39. The van der Waals surface area contributed by atoms with E-state index in [1.165, 1.54) is 0 Å². The van der Waals surface area contributed by atoms with Crippen molar-refractivity contribution in [2.45, 2.75) is 33.2 Å². The van der Waals surface area contributed by atoms with E-state index in [9.17, 15) is 9.59 Å². The van der Waals surface area contributed by atoms with Crippen molar-refractivity contribution in [1.82, 2.24) is 15.5 Å². The maximum absolute atomic E-state index is 12.4. The average Bonchev–Trinajstić information content (AvgIpc) is 3.02. The smallest absolute Gasteiger partial charge is 0.262 e. The molecule has 0 radical (unpaired) electrons. The van der Waals surface area contributed by atoms with Crippen LogP contribution in [-0.2, 0) is 11.2 Å². The van der Waals surface area contributed by atoms with Crippen LogP contribution in [0.1, 0.15) is 48.9 Å². The summed E-state index contributed by atoms with van der Waals surface area (Å²) in [4.78, 5) is 28.0. The fourth-order valence-corrected chi connectivity index (χ4v) is 2.45. The van der Waals surface area contributed by atoms with Gasteiger partial charge >= 0.3 is 0 Å². The van der Waals surface area contributed by atoms with Gasteiger partial charge < -0.3 is 19.9 Å². The molecule has 8 heteroatoms. The molecule has 25 heavy (non-hydrogen) atoms. The van der Waals surface area contributed by atoms with Crippen molar-refractivity contribution in [3.05, 3.63) is 35.5 Å². The standard InChI is InChI=1S/C17H20N4O4/c1-9(2)6-14-20-17(25-21-14)10(3)18-16(23)11-4-5-12-13(7-11)24-8-15(22)19-12/h4-5,7,9-10H,6,8H2,1-3H3,(H,18,23)(H,19,22)/t10-/m0/s1. The number of rotatable bonds is 5. The molecule has 0 unspecified atom stereocenters. The molecule has 0 fully saturated rings. The van der Waals surface area contributed by atoms with Crippen molar-refractivity contribution < 1.29 is 18.8 Å². The predicted octanol–water partition coefficient (Wildman–Crippen LogP) is 2.09. The highest BCUT2D eigenvalue weighted by Crippen LogP contribution is 2.28. The molecule has 2 amide bonds. The van der Waals surface area contributed by atoms with Crippen LogP contribution in [0.15, 0.2) is 22.7 Å². The number of carbonyl (C=O) groups excluding carboxylic acids is 2. The van der Waals surface area contributed by atoms with E-state index in [4.69, 9.17) is 9.26 Å². The third-order valence-corrected chi connectivity index (χ3v) is 3.67. The van der Waals surface area contributed by atoms with Crippen LogP contribution in [0.4, 0.5) is 5.69 Å². The molecule has 1 atom stereocenters. The first-order valence-corrected chi connectivity index (χ1v) is 8.12. The quantitative estimate of drug-likeness (QED) is 0.860. The Kier molecular flexibility index (Phi) is 4.69. The van der Waals surface area contributed by atoms with Gasteiger partial charge in [-0.25, -0.2) is 0 Å². The van der Waals surface area contributed by atoms with Gasteiger partial charge in [-0.1, -0.05) is 19.0 Å². The number of nitrogens with one attached hydrogen (secondary N) is 2. The van der Waals surface area contributed by atoms with Crippen molar-refractivity contribution in [2.75, 3.05) is 11.9 Å². The van der Waals surface area contributed by atoms with Gasteiger partial charge in [0.2, 0.25) is 5.89 Å². The van der Waals surface area contributed by atoms with Gasteiger partial charge in [0.05, 0.1) is 5.69 Å². The fraction of sp³-hybridized carbons (Fsp3) is 0.412. The Labute approximate surface area is 144 Å². The number of anilines is 1. The highest BCUT2D eigenvalue weighted by Gasteiger charge is 2.21. The lowest BCUT2D eigenvalue weighted by molar-refractivity contribution is -0.118. The number of benzene rings is 1. The van der Waals surface area contributed by atoms with E-state index >= 15 is 0 Å². The minimum atomic E-state index is -0.419. The molecule has 0 saturated carbocycles. The van der Waals surface area contributed by atoms with Crippen molar-refractivity contribution in [3.8, 4) is 5.75 Å². The number of aromatic nitrogens is 2. The Hall–Kier alpha value is -2.90. The molecule has 1 aliphatic rings. The maximum Gasteiger partial charge on any atom is 0.262 e. The van der Waals surface area contributed by atoms with E-state index in [1.807, 2.05) is 0 Å². The molecule has 0 spiro atoms. The molecule has 2 aromatic rings. The number of hydrogen-bond donors (Lipinski definition) is 2. The van der Waals surface area contributed by atoms with Gasteiger partial charge in [0, 0.05) is 12.0 Å². The lowest BCUT2D eigenvalue weighted by Gasteiger charge is -2.18. The largest absolute Gasteiger partial charge is 0.482 e. The minimum absolute atomic E-state index is 0.0604. The first-order chi connectivity index (χ1) is 11.9. The third-order valence-electron chi connectivity index (χ3n) is 3.67. The second kappa shape index (κ2) is 6.92. The van der Waals surface area contributed by atoms with Crippen molar-refractivity contribution in [2.24, 2.45) is 5.92 Å². The minimum Gasteiger partial charge on any atom is -0.482 e. The van der Waals surface area contributed by atoms with Crippen molar-refractivity contribution >= 4 is 17.5 Å². The Bertz CT molecular complexity index is 800. The number of carbonyl (C=O) groups is 2. The lowest BCUT2D eigenvalue weighted by atomic mass is 10.1. The molecular weight excluding hydrogens is 324 g/mol.